The molecule has 2 aromatic heterocycles. The van der Waals surface area contributed by atoms with Crippen LogP contribution in [-0.2, 0) is 12.8 Å². The molecule has 5 rings (SSSR count). The van der Waals surface area contributed by atoms with Crippen molar-refractivity contribution in [3.8, 4) is 17.1 Å². The smallest absolute Gasteiger partial charge is 0.418 e. The van der Waals surface area contributed by atoms with Crippen molar-refractivity contribution < 1.29 is 22.7 Å². The molecule has 1 aliphatic rings. The number of aromatic nitrogens is 2. The van der Waals surface area contributed by atoms with E-state index in [0.717, 1.165) is 11.6 Å². The fourth-order valence-electron chi connectivity index (χ4n) is 3.63. The summed E-state index contributed by atoms with van der Waals surface area (Å²) >= 11 is 5.90. The number of fused-ring (bicyclic) bond motifs is 4. The van der Waals surface area contributed by atoms with Gasteiger partial charge in [0.05, 0.1) is 16.8 Å². The molecule has 2 aromatic carbocycles. The highest BCUT2D eigenvalue weighted by Gasteiger charge is 2.37. The van der Waals surface area contributed by atoms with Gasteiger partial charge in [0.15, 0.2) is 0 Å². The maximum atomic E-state index is 13.6. The van der Waals surface area contributed by atoms with Crippen LogP contribution in [0.15, 0.2) is 60.8 Å². The van der Waals surface area contributed by atoms with Crippen LogP contribution in [0.4, 0.5) is 13.2 Å². The molecule has 4 nitrogen and oxygen atoms in total. The number of alkyl halides is 3. The number of rotatable bonds is 3. The molecular weight excluding hydrogens is 417 g/mol. The van der Waals surface area contributed by atoms with E-state index in [9.17, 15) is 18.0 Å². The van der Waals surface area contributed by atoms with E-state index in [2.05, 4.69) is 4.98 Å². The van der Waals surface area contributed by atoms with Gasteiger partial charge in [-0.05, 0) is 42.0 Å². The Kier molecular flexibility index (Phi) is 4.11. The standard InChI is InChI=1S/C22H12ClF3N2O2/c23-13-8-6-12(7-9-13)11-30-20-14-3-1-4-15(22(24,25)26)18(14)27-19-16-5-2-10-28(16)21(29)17(19)20/h1-10H,11H2. The molecule has 0 bridgehead atoms. The monoisotopic (exact) mass is 428 g/mol. The third-order valence-corrected chi connectivity index (χ3v) is 5.25. The van der Waals surface area contributed by atoms with Gasteiger partial charge in [0.1, 0.15) is 23.6 Å². The average molecular weight is 429 g/mol. The molecule has 0 N–H and O–H groups in total. The first-order valence-electron chi connectivity index (χ1n) is 8.98. The summed E-state index contributed by atoms with van der Waals surface area (Å²) in [6, 6.07) is 13.9. The minimum absolute atomic E-state index is 0.0567. The number of carbonyl (C=O) groups is 1. The summed E-state index contributed by atoms with van der Waals surface area (Å²) in [5, 5.41) is 0.690. The Morgan fingerprint density at radius 2 is 1.80 bits per heavy atom. The second kappa shape index (κ2) is 6.60. The van der Waals surface area contributed by atoms with Gasteiger partial charge in [-0.2, -0.15) is 13.2 Å². The van der Waals surface area contributed by atoms with E-state index in [1.54, 1.807) is 42.6 Å². The van der Waals surface area contributed by atoms with Crippen LogP contribution in [0, 0.1) is 0 Å². The highest BCUT2D eigenvalue weighted by atomic mass is 35.5. The summed E-state index contributed by atoms with van der Waals surface area (Å²) in [4.78, 5) is 17.2. The zero-order valence-corrected chi connectivity index (χ0v) is 16.0. The SMILES string of the molecule is O=C1c2c(nc3c(C(F)(F)F)cccc3c2OCc2ccc(Cl)cc2)-c2cccn21. The summed E-state index contributed by atoms with van der Waals surface area (Å²) in [6.45, 7) is 0.0567. The van der Waals surface area contributed by atoms with Gasteiger partial charge < -0.3 is 4.74 Å². The molecule has 0 unspecified atom stereocenters. The first kappa shape index (κ1) is 18.7. The number of nitrogens with zero attached hydrogens (tertiary/aromatic N) is 2. The number of pyridine rings is 1. The molecule has 0 amide bonds. The lowest BCUT2D eigenvalue weighted by Gasteiger charge is -2.16. The fourth-order valence-corrected chi connectivity index (χ4v) is 3.75. The lowest BCUT2D eigenvalue weighted by molar-refractivity contribution is -0.136. The van der Waals surface area contributed by atoms with Crippen molar-refractivity contribution in [2.75, 3.05) is 0 Å². The Labute approximate surface area is 173 Å². The molecule has 30 heavy (non-hydrogen) atoms. The van der Waals surface area contributed by atoms with E-state index in [1.165, 1.54) is 16.7 Å². The molecule has 3 heterocycles. The van der Waals surface area contributed by atoms with Crippen LogP contribution in [0.1, 0.15) is 21.5 Å². The molecule has 4 aromatic rings. The minimum Gasteiger partial charge on any atom is -0.487 e. The van der Waals surface area contributed by atoms with Gasteiger partial charge in [-0.1, -0.05) is 29.8 Å². The molecule has 0 radical (unpaired) electrons. The summed E-state index contributed by atoms with van der Waals surface area (Å²) in [5.41, 5.74) is 0.404. The van der Waals surface area contributed by atoms with Gasteiger partial charge in [-0.15, -0.1) is 0 Å². The Morgan fingerprint density at radius 1 is 1.03 bits per heavy atom. The van der Waals surface area contributed by atoms with Gasteiger partial charge >= 0.3 is 6.18 Å². The summed E-state index contributed by atoms with van der Waals surface area (Å²) in [5.74, 6) is -0.298. The lowest BCUT2D eigenvalue weighted by Crippen LogP contribution is -2.10. The molecule has 0 spiro atoms. The van der Waals surface area contributed by atoms with Crippen molar-refractivity contribution in [3.63, 3.8) is 0 Å². The summed E-state index contributed by atoms with van der Waals surface area (Å²) in [6.07, 6.45) is -3.05. The summed E-state index contributed by atoms with van der Waals surface area (Å²) < 4.78 is 48.2. The van der Waals surface area contributed by atoms with E-state index in [4.69, 9.17) is 16.3 Å². The first-order chi connectivity index (χ1) is 14.3. The first-order valence-corrected chi connectivity index (χ1v) is 9.36. The highest BCUT2D eigenvalue weighted by molar-refractivity contribution is 6.30. The number of ether oxygens (including phenoxy) is 1. The number of hydrogen-bond acceptors (Lipinski definition) is 3. The van der Waals surface area contributed by atoms with Crippen molar-refractivity contribution in [3.05, 3.63) is 82.5 Å². The van der Waals surface area contributed by atoms with E-state index in [-0.39, 0.29) is 40.4 Å². The van der Waals surface area contributed by atoms with Crippen molar-refractivity contribution in [2.45, 2.75) is 12.8 Å². The van der Waals surface area contributed by atoms with Crippen LogP contribution < -0.4 is 4.74 Å². The van der Waals surface area contributed by atoms with Crippen LogP contribution >= 0.6 is 11.6 Å². The van der Waals surface area contributed by atoms with E-state index >= 15 is 0 Å². The van der Waals surface area contributed by atoms with Gasteiger partial charge in [-0.3, -0.25) is 9.36 Å². The van der Waals surface area contributed by atoms with Crippen molar-refractivity contribution in [1.82, 2.24) is 9.55 Å². The zero-order valence-electron chi connectivity index (χ0n) is 15.2. The number of para-hydroxylation sites is 1. The van der Waals surface area contributed by atoms with E-state index < -0.39 is 11.7 Å². The van der Waals surface area contributed by atoms with E-state index in [0.29, 0.717) is 10.7 Å². The minimum atomic E-state index is -4.60. The zero-order chi connectivity index (χ0) is 21.0. The Balaban J connectivity index is 1.73. The largest absolute Gasteiger partial charge is 0.487 e. The van der Waals surface area contributed by atoms with Gasteiger partial charge in [0.25, 0.3) is 5.91 Å². The molecule has 150 valence electrons. The van der Waals surface area contributed by atoms with Gasteiger partial charge in [0, 0.05) is 16.6 Å². The van der Waals surface area contributed by atoms with Gasteiger partial charge in [-0.25, -0.2) is 4.98 Å². The van der Waals surface area contributed by atoms with Crippen molar-refractivity contribution in [2.24, 2.45) is 0 Å². The molecule has 0 aliphatic carbocycles. The number of benzene rings is 2. The second-order valence-corrected chi connectivity index (χ2v) is 7.28. The predicted molar refractivity (Wildman–Crippen MR) is 106 cm³/mol. The molecule has 8 heteroatoms. The van der Waals surface area contributed by atoms with Crippen LogP contribution in [0.2, 0.25) is 5.02 Å². The molecule has 0 saturated heterocycles. The number of halogens is 4. The van der Waals surface area contributed by atoms with Gasteiger partial charge in [0.2, 0.25) is 0 Å². The number of hydrogen-bond donors (Lipinski definition) is 0. The summed E-state index contributed by atoms with van der Waals surface area (Å²) in [7, 11) is 0. The average Bonchev–Trinajstić information content (AvgIpc) is 3.29. The normalized spacial score (nSPS) is 12.9. The lowest BCUT2D eigenvalue weighted by atomic mass is 10.0. The van der Waals surface area contributed by atoms with E-state index in [1.807, 2.05) is 0 Å². The Hall–Kier alpha value is -3.32. The molecule has 1 aliphatic heterocycles. The van der Waals surface area contributed by atoms with Crippen LogP contribution in [-0.4, -0.2) is 15.5 Å². The number of carbonyl (C=O) groups excluding carboxylic acids is 1. The molecular formula is C22H12ClF3N2O2. The molecule has 0 saturated carbocycles. The topological polar surface area (TPSA) is 44.1 Å². The van der Waals surface area contributed by atoms with Crippen LogP contribution in [0.25, 0.3) is 22.3 Å². The molecule has 0 fully saturated rings. The fraction of sp³-hybridized carbons (Fsp3) is 0.0909. The van der Waals surface area contributed by atoms with Crippen molar-refractivity contribution >= 4 is 28.4 Å². The van der Waals surface area contributed by atoms with Crippen LogP contribution in [0.5, 0.6) is 5.75 Å². The second-order valence-electron chi connectivity index (χ2n) is 6.85. The van der Waals surface area contributed by atoms with Crippen LogP contribution in [0.3, 0.4) is 0 Å². The quantitative estimate of drug-likeness (QED) is 0.356. The predicted octanol–water partition coefficient (Wildman–Crippen LogP) is 5.96. The Bertz CT molecular complexity index is 1310. The molecule has 0 atom stereocenters. The third kappa shape index (κ3) is 2.85. The maximum Gasteiger partial charge on any atom is 0.418 e. The third-order valence-electron chi connectivity index (χ3n) is 4.99. The maximum absolute atomic E-state index is 13.6. The highest BCUT2D eigenvalue weighted by Crippen LogP contribution is 2.44. The van der Waals surface area contributed by atoms with Crippen molar-refractivity contribution in [1.29, 1.82) is 0 Å². The Morgan fingerprint density at radius 3 is 2.53 bits per heavy atom.